The predicted octanol–water partition coefficient (Wildman–Crippen LogP) is 4.26. The minimum Gasteiger partial charge on any atom is -0.322 e. The molecule has 1 saturated carbocycles. The number of allylic oxidation sites excluding steroid dienone is 2. The topological polar surface area (TPSA) is 66.5 Å². The molecule has 2 aliphatic carbocycles. The Morgan fingerprint density at radius 2 is 1.63 bits per heavy atom. The van der Waals surface area contributed by atoms with E-state index in [2.05, 4.69) is 18.3 Å². The summed E-state index contributed by atoms with van der Waals surface area (Å²) in [5.74, 6) is -0.488. The maximum Gasteiger partial charge on any atom is 0.255 e. The third-order valence-electron chi connectivity index (χ3n) is 7.03. The van der Waals surface area contributed by atoms with Gasteiger partial charge in [0.2, 0.25) is 11.8 Å². The monoisotopic (exact) mass is 400 g/mol. The minimum atomic E-state index is -0.224. The Morgan fingerprint density at radius 1 is 0.933 bits per heavy atom. The number of nitrogens with one attached hydrogen (secondary N) is 1. The van der Waals surface area contributed by atoms with Crippen molar-refractivity contribution in [3.63, 3.8) is 0 Å². The van der Waals surface area contributed by atoms with Gasteiger partial charge in [0, 0.05) is 11.3 Å². The van der Waals surface area contributed by atoms with Gasteiger partial charge < -0.3 is 5.32 Å². The van der Waals surface area contributed by atoms with Crippen LogP contribution in [0.15, 0.2) is 54.1 Å². The molecule has 2 aromatic carbocycles. The quantitative estimate of drug-likeness (QED) is 0.618. The van der Waals surface area contributed by atoms with Crippen molar-refractivity contribution in [1.82, 2.24) is 0 Å². The number of carbonyl (C=O) groups is 3. The Bertz CT molecular complexity index is 1120. The van der Waals surface area contributed by atoms with Crippen LogP contribution in [0, 0.1) is 37.5 Å². The van der Waals surface area contributed by atoms with Gasteiger partial charge in [-0.25, -0.2) is 0 Å². The second kappa shape index (κ2) is 6.66. The minimum absolute atomic E-state index is 0.0997. The molecule has 5 heteroatoms. The van der Waals surface area contributed by atoms with Gasteiger partial charge in [-0.2, -0.15) is 0 Å². The summed E-state index contributed by atoms with van der Waals surface area (Å²) in [6.07, 6.45) is 3.09. The predicted molar refractivity (Wildman–Crippen MR) is 115 cm³/mol. The summed E-state index contributed by atoms with van der Waals surface area (Å²) in [7, 11) is 0. The summed E-state index contributed by atoms with van der Waals surface area (Å²) in [6.45, 7) is 6.09. The average Bonchev–Trinajstić information content (AvgIpc) is 3.35. The number of nitrogens with zero attached hydrogens (tertiary/aromatic N) is 1. The zero-order chi connectivity index (χ0) is 21.2. The van der Waals surface area contributed by atoms with Gasteiger partial charge in [0.15, 0.2) is 0 Å². The Balaban J connectivity index is 1.34. The van der Waals surface area contributed by atoms with E-state index < -0.39 is 0 Å². The number of hydrogen-bond donors (Lipinski definition) is 1. The molecule has 152 valence electrons. The molecule has 2 bridgehead atoms. The van der Waals surface area contributed by atoms with E-state index in [-0.39, 0.29) is 41.4 Å². The van der Waals surface area contributed by atoms with E-state index in [0.29, 0.717) is 11.3 Å². The number of carbonyl (C=O) groups excluding carboxylic acids is 3. The number of benzene rings is 2. The Morgan fingerprint density at radius 3 is 2.33 bits per heavy atom. The van der Waals surface area contributed by atoms with E-state index in [1.165, 1.54) is 16.0 Å². The Hall–Kier alpha value is -3.21. The van der Waals surface area contributed by atoms with E-state index in [1.54, 1.807) is 24.3 Å². The van der Waals surface area contributed by atoms with Crippen LogP contribution in [-0.4, -0.2) is 17.7 Å². The number of hydrogen-bond acceptors (Lipinski definition) is 3. The zero-order valence-corrected chi connectivity index (χ0v) is 17.3. The fourth-order valence-electron chi connectivity index (χ4n) is 5.31. The van der Waals surface area contributed by atoms with Crippen molar-refractivity contribution in [2.75, 3.05) is 10.2 Å². The van der Waals surface area contributed by atoms with Crippen LogP contribution in [0.2, 0.25) is 0 Å². The largest absolute Gasteiger partial charge is 0.322 e. The number of imide groups is 1. The van der Waals surface area contributed by atoms with Gasteiger partial charge in [0.25, 0.3) is 5.91 Å². The van der Waals surface area contributed by atoms with Crippen LogP contribution < -0.4 is 10.2 Å². The molecular formula is C25H24N2O3. The molecule has 4 atom stereocenters. The zero-order valence-electron chi connectivity index (χ0n) is 17.3. The van der Waals surface area contributed by atoms with Crippen LogP contribution in [0.3, 0.4) is 0 Å². The number of fused-ring (bicyclic) bond motifs is 5. The van der Waals surface area contributed by atoms with Crippen LogP contribution in [-0.2, 0) is 9.59 Å². The highest BCUT2D eigenvalue weighted by atomic mass is 16.2. The lowest BCUT2D eigenvalue weighted by Crippen LogP contribution is -2.33. The van der Waals surface area contributed by atoms with Gasteiger partial charge in [0.1, 0.15) is 0 Å². The highest BCUT2D eigenvalue weighted by Crippen LogP contribution is 2.55. The molecule has 5 rings (SSSR count). The maximum absolute atomic E-state index is 13.1. The molecule has 1 heterocycles. The number of rotatable bonds is 3. The summed E-state index contributed by atoms with van der Waals surface area (Å²) in [5.41, 5.74) is 5.28. The average molecular weight is 400 g/mol. The van der Waals surface area contributed by atoms with Gasteiger partial charge >= 0.3 is 0 Å². The number of anilines is 2. The summed E-state index contributed by atoms with van der Waals surface area (Å²) in [5, 5.41) is 2.90. The Kier molecular flexibility index (Phi) is 4.17. The molecule has 3 amide bonds. The van der Waals surface area contributed by atoms with Gasteiger partial charge in [-0.05, 0) is 86.6 Å². The molecule has 0 radical (unpaired) electrons. The van der Waals surface area contributed by atoms with Crippen LogP contribution >= 0.6 is 0 Å². The van der Waals surface area contributed by atoms with E-state index in [0.717, 1.165) is 17.7 Å². The van der Waals surface area contributed by atoms with Gasteiger partial charge in [-0.3, -0.25) is 19.3 Å². The van der Waals surface area contributed by atoms with E-state index >= 15 is 0 Å². The lowest BCUT2D eigenvalue weighted by Gasteiger charge is -2.19. The molecule has 1 saturated heterocycles. The number of amides is 3. The standard InChI is InChI=1S/C25H24N2O3/c1-13-4-7-18(11-14(13)2)26-23(28)16-5-8-19(9-6-16)27-24(29)21-17-10-15(3)20(12-17)22(21)25(27)30/h4-11,17,20-22H,12H2,1-3H3,(H,26,28)/t17-,20+,21-,22+/m0/s1. The van der Waals surface area contributed by atoms with E-state index in [4.69, 9.17) is 0 Å². The molecule has 0 unspecified atom stereocenters. The molecule has 0 spiro atoms. The van der Waals surface area contributed by atoms with Crippen LogP contribution in [0.25, 0.3) is 0 Å². The molecule has 3 aliphatic rings. The molecule has 30 heavy (non-hydrogen) atoms. The lowest BCUT2D eigenvalue weighted by atomic mass is 9.82. The summed E-state index contributed by atoms with van der Waals surface area (Å²) in [4.78, 5) is 40.0. The van der Waals surface area contributed by atoms with Crippen molar-refractivity contribution >= 4 is 29.1 Å². The third-order valence-corrected chi connectivity index (χ3v) is 7.03. The molecule has 1 N–H and O–H groups in total. The highest BCUT2D eigenvalue weighted by Gasteiger charge is 2.60. The first kappa shape index (κ1) is 18.8. The highest BCUT2D eigenvalue weighted by molar-refractivity contribution is 6.23. The van der Waals surface area contributed by atoms with Gasteiger partial charge in [0.05, 0.1) is 17.5 Å². The van der Waals surface area contributed by atoms with Crippen molar-refractivity contribution in [3.05, 3.63) is 70.8 Å². The molecule has 5 nitrogen and oxygen atoms in total. The summed E-state index contributed by atoms with van der Waals surface area (Å²) < 4.78 is 0. The van der Waals surface area contributed by atoms with Crippen LogP contribution in [0.4, 0.5) is 11.4 Å². The van der Waals surface area contributed by atoms with E-state index in [9.17, 15) is 14.4 Å². The molecule has 2 aromatic rings. The second-order valence-electron chi connectivity index (χ2n) is 8.78. The molecule has 0 aromatic heterocycles. The smallest absolute Gasteiger partial charge is 0.255 e. The van der Waals surface area contributed by atoms with Gasteiger partial charge in [-0.15, -0.1) is 0 Å². The molecule has 2 fully saturated rings. The molecule has 1 aliphatic heterocycles. The van der Waals surface area contributed by atoms with Crippen LogP contribution in [0.5, 0.6) is 0 Å². The third kappa shape index (κ3) is 2.72. The van der Waals surface area contributed by atoms with Crippen molar-refractivity contribution in [2.24, 2.45) is 23.7 Å². The van der Waals surface area contributed by atoms with Crippen molar-refractivity contribution in [1.29, 1.82) is 0 Å². The first-order valence-electron chi connectivity index (χ1n) is 10.4. The van der Waals surface area contributed by atoms with E-state index in [1.807, 2.05) is 32.0 Å². The summed E-state index contributed by atoms with van der Waals surface area (Å²) in [6, 6.07) is 12.5. The SMILES string of the molecule is CC1=C[C@H]2C[C@H]1[C@H]1C(=O)N(c3ccc(C(=O)Nc4ccc(C)c(C)c4)cc3)C(=O)[C@H]12. The normalized spacial score (nSPS) is 26.8. The first-order chi connectivity index (χ1) is 14.3. The van der Waals surface area contributed by atoms with Crippen molar-refractivity contribution < 1.29 is 14.4 Å². The van der Waals surface area contributed by atoms with Crippen molar-refractivity contribution in [3.8, 4) is 0 Å². The first-order valence-corrected chi connectivity index (χ1v) is 10.4. The second-order valence-corrected chi connectivity index (χ2v) is 8.78. The molecular weight excluding hydrogens is 376 g/mol. The Labute approximate surface area is 175 Å². The number of aryl methyl sites for hydroxylation is 2. The fourth-order valence-corrected chi connectivity index (χ4v) is 5.31. The van der Waals surface area contributed by atoms with Crippen molar-refractivity contribution in [2.45, 2.75) is 27.2 Å². The lowest BCUT2D eigenvalue weighted by molar-refractivity contribution is -0.123. The fraction of sp³-hybridized carbons (Fsp3) is 0.320. The maximum atomic E-state index is 13.1. The summed E-state index contributed by atoms with van der Waals surface area (Å²) >= 11 is 0. The van der Waals surface area contributed by atoms with Crippen LogP contribution in [0.1, 0.15) is 34.8 Å². The van der Waals surface area contributed by atoms with Gasteiger partial charge in [-0.1, -0.05) is 17.7 Å².